The quantitative estimate of drug-likeness (QED) is 0.456. The van der Waals surface area contributed by atoms with E-state index in [9.17, 15) is 0 Å². The Morgan fingerprint density at radius 3 is 2.45 bits per heavy atom. The number of nitrogens with zero attached hydrogens (tertiary/aromatic N) is 2. The van der Waals surface area contributed by atoms with Crippen molar-refractivity contribution in [3.05, 3.63) is 70.9 Å². The molecule has 2 aromatic heterocycles. The first kappa shape index (κ1) is 18.3. The highest BCUT2D eigenvalue weighted by molar-refractivity contribution is 7.24. The standard InChI is InChI=1S/C24H24BN3S/c1-14-12-15(2)21(16(3)13-14)22-17(4)18-10-11-26-24(23(18)29-22)25-27-19-8-6-7-9-20(19)28(25)5/h6-13,27H,1-5H3. The number of thiophene rings is 1. The van der Waals surface area contributed by atoms with E-state index in [1.54, 1.807) is 0 Å². The second kappa shape index (κ2) is 6.63. The number of aryl methyl sites for hydroxylation is 4. The number of anilines is 2. The normalized spacial score (nSPS) is 13.1. The van der Waals surface area contributed by atoms with Crippen molar-refractivity contribution < 1.29 is 0 Å². The average Bonchev–Trinajstić information content (AvgIpc) is 3.19. The first-order chi connectivity index (χ1) is 14.0. The second-order valence-corrected chi connectivity index (χ2v) is 9.10. The summed E-state index contributed by atoms with van der Waals surface area (Å²) >= 11 is 1.88. The Hall–Kier alpha value is -2.79. The van der Waals surface area contributed by atoms with Crippen molar-refractivity contribution in [3.8, 4) is 10.4 Å². The molecule has 2 aromatic carbocycles. The summed E-state index contributed by atoms with van der Waals surface area (Å²) < 4.78 is 1.27. The minimum atomic E-state index is 0.0437. The molecule has 5 rings (SSSR count). The lowest BCUT2D eigenvalue weighted by atomic mass is 9.71. The number of pyridine rings is 1. The highest BCUT2D eigenvalue weighted by atomic mass is 32.1. The van der Waals surface area contributed by atoms with E-state index in [0.717, 1.165) is 11.3 Å². The maximum Gasteiger partial charge on any atom is 0.429 e. The van der Waals surface area contributed by atoms with Crippen molar-refractivity contribution in [1.82, 2.24) is 4.98 Å². The third-order valence-corrected chi connectivity index (χ3v) is 7.36. The Morgan fingerprint density at radius 2 is 1.72 bits per heavy atom. The zero-order valence-electron chi connectivity index (χ0n) is 17.5. The predicted molar refractivity (Wildman–Crippen MR) is 128 cm³/mol. The molecule has 4 aromatic rings. The van der Waals surface area contributed by atoms with Crippen LogP contribution in [0.4, 0.5) is 11.4 Å². The molecule has 0 fully saturated rings. The van der Waals surface area contributed by atoms with Gasteiger partial charge in [-0.1, -0.05) is 29.8 Å². The molecule has 3 heterocycles. The summed E-state index contributed by atoms with van der Waals surface area (Å²) in [5, 5.41) is 4.97. The fourth-order valence-corrected chi connectivity index (χ4v) is 6.17. The van der Waals surface area contributed by atoms with Gasteiger partial charge in [0.05, 0.1) is 10.3 Å². The molecule has 0 saturated heterocycles. The molecule has 0 aliphatic carbocycles. The Morgan fingerprint density at radius 1 is 1.00 bits per heavy atom. The lowest BCUT2D eigenvalue weighted by molar-refractivity contribution is 1.32. The zero-order chi connectivity index (χ0) is 20.3. The largest absolute Gasteiger partial charge is 0.429 e. The van der Waals surface area contributed by atoms with Crippen LogP contribution in [0.25, 0.3) is 20.5 Å². The van der Waals surface area contributed by atoms with Gasteiger partial charge in [-0.15, -0.1) is 11.3 Å². The second-order valence-electron chi connectivity index (χ2n) is 8.08. The fourth-order valence-electron chi connectivity index (χ4n) is 4.68. The molecule has 1 N–H and O–H groups in total. The molecule has 0 radical (unpaired) electrons. The Kier molecular flexibility index (Phi) is 4.18. The van der Waals surface area contributed by atoms with Crippen molar-refractivity contribution >= 4 is 45.4 Å². The molecule has 0 spiro atoms. The molecule has 5 heteroatoms. The number of rotatable bonds is 2. The molecule has 1 aliphatic heterocycles. The van der Waals surface area contributed by atoms with E-state index >= 15 is 0 Å². The summed E-state index contributed by atoms with van der Waals surface area (Å²) in [7, 11) is 2.14. The van der Waals surface area contributed by atoms with E-state index in [4.69, 9.17) is 4.98 Å². The molecule has 0 bridgehead atoms. The van der Waals surface area contributed by atoms with Crippen LogP contribution in [-0.2, 0) is 0 Å². The van der Waals surface area contributed by atoms with E-state index in [2.05, 4.69) is 87.2 Å². The molecular weight excluding hydrogens is 373 g/mol. The number of para-hydroxylation sites is 2. The Bertz CT molecular complexity index is 1240. The van der Waals surface area contributed by atoms with Crippen molar-refractivity contribution in [1.29, 1.82) is 0 Å². The fraction of sp³-hybridized carbons (Fsp3) is 0.208. The van der Waals surface area contributed by atoms with Crippen LogP contribution in [0, 0.1) is 27.7 Å². The van der Waals surface area contributed by atoms with E-state index in [-0.39, 0.29) is 6.98 Å². The van der Waals surface area contributed by atoms with Crippen molar-refractivity contribution in [3.63, 3.8) is 0 Å². The topological polar surface area (TPSA) is 28.2 Å². The van der Waals surface area contributed by atoms with Gasteiger partial charge in [-0.05, 0) is 80.6 Å². The monoisotopic (exact) mass is 397 g/mol. The number of aromatic nitrogens is 1. The van der Waals surface area contributed by atoms with Crippen molar-refractivity contribution in [2.75, 3.05) is 17.1 Å². The summed E-state index contributed by atoms with van der Waals surface area (Å²) in [5.41, 5.74) is 10.2. The molecule has 144 valence electrons. The highest BCUT2D eigenvalue weighted by Gasteiger charge is 2.35. The Labute approximate surface area is 176 Å². The smallest absolute Gasteiger partial charge is 0.403 e. The third kappa shape index (κ3) is 2.76. The van der Waals surface area contributed by atoms with Gasteiger partial charge < -0.3 is 10.0 Å². The number of hydrogen-bond acceptors (Lipinski definition) is 4. The molecule has 3 nitrogen and oxygen atoms in total. The maximum atomic E-state index is 4.84. The van der Waals surface area contributed by atoms with Gasteiger partial charge in [0.25, 0.3) is 0 Å². The van der Waals surface area contributed by atoms with E-state index in [1.807, 2.05) is 17.5 Å². The summed E-state index contributed by atoms with van der Waals surface area (Å²) in [5.74, 6) is 0. The highest BCUT2D eigenvalue weighted by Crippen LogP contribution is 2.41. The molecule has 29 heavy (non-hydrogen) atoms. The van der Waals surface area contributed by atoms with Crippen molar-refractivity contribution in [2.24, 2.45) is 0 Å². The van der Waals surface area contributed by atoms with Gasteiger partial charge >= 0.3 is 6.98 Å². The zero-order valence-corrected chi connectivity index (χ0v) is 18.3. The minimum Gasteiger partial charge on any atom is -0.403 e. The van der Waals surface area contributed by atoms with Gasteiger partial charge in [0.1, 0.15) is 0 Å². The molecule has 1 aliphatic rings. The van der Waals surface area contributed by atoms with Crippen LogP contribution >= 0.6 is 11.3 Å². The van der Waals surface area contributed by atoms with Crippen LogP contribution in [0.3, 0.4) is 0 Å². The van der Waals surface area contributed by atoms with Crippen LogP contribution in [-0.4, -0.2) is 19.0 Å². The van der Waals surface area contributed by atoms with Gasteiger partial charge in [-0.3, -0.25) is 4.98 Å². The van der Waals surface area contributed by atoms with Crippen LogP contribution in [0.5, 0.6) is 0 Å². The third-order valence-electron chi connectivity index (χ3n) is 6.01. The molecule has 0 unspecified atom stereocenters. The summed E-state index contributed by atoms with van der Waals surface area (Å²) in [6.45, 7) is 8.91. The Balaban J connectivity index is 1.69. The maximum absolute atomic E-state index is 4.84. The van der Waals surface area contributed by atoms with Gasteiger partial charge in [-0.25, -0.2) is 0 Å². The average molecular weight is 397 g/mol. The SMILES string of the molecule is Cc1cc(C)c(-c2sc3c(B4Nc5ccccc5N4C)nccc3c2C)c(C)c1. The molecule has 0 amide bonds. The van der Waals surface area contributed by atoms with Crippen LogP contribution in [0.15, 0.2) is 48.7 Å². The number of nitrogens with one attached hydrogen (secondary N) is 1. The van der Waals surface area contributed by atoms with Crippen LogP contribution in [0.2, 0.25) is 0 Å². The van der Waals surface area contributed by atoms with Gasteiger partial charge in [-0.2, -0.15) is 0 Å². The lowest BCUT2D eigenvalue weighted by Crippen LogP contribution is -2.50. The van der Waals surface area contributed by atoms with E-state index < -0.39 is 0 Å². The summed E-state index contributed by atoms with van der Waals surface area (Å²) in [6, 6.07) is 15.2. The number of fused-ring (bicyclic) bond motifs is 2. The van der Waals surface area contributed by atoms with Gasteiger partial charge in [0.2, 0.25) is 0 Å². The van der Waals surface area contributed by atoms with Gasteiger partial charge in [0, 0.05) is 22.4 Å². The van der Waals surface area contributed by atoms with Gasteiger partial charge in [0.15, 0.2) is 0 Å². The molecule has 0 atom stereocenters. The summed E-state index contributed by atoms with van der Waals surface area (Å²) in [4.78, 5) is 8.48. The van der Waals surface area contributed by atoms with Crippen LogP contribution < -0.4 is 15.6 Å². The van der Waals surface area contributed by atoms with E-state index in [1.165, 1.54) is 48.5 Å². The first-order valence-corrected chi connectivity index (χ1v) is 10.8. The van der Waals surface area contributed by atoms with E-state index in [0.29, 0.717) is 0 Å². The summed E-state index contributed by atoms with van der Waals surface area (Å²) in [6.07, 6.45) is 1.95. The number of benzene rings is 2. The lowest BCUT2D eigenvalue weighted by Gasteiger charge is -2.18. The minimum absolute atomic E-state index is 0.0437. The first-order valence-electron chi connectivity index (χ1n) is 10.0. The predicted octanol–water partition coefficient (Wildman–Crippen LogP) is 5.45. The number of hydrogen-bond donors (Lipinski definition) is 1. The molecule has 0 saturated carbocycles. The molecular formula is C24H24BN3S. The van der Waals surface area contributed by atoms with Crippen molar-refractivity contribution in [2.45, 2.75) is 27.7 Å². The van der Waals surface area contributed by atoms with Crippen LogP contribution in [0.1, 0.15) is 22.3 Å².